The predicted octanol–water partition coefficient (Wildman–Crippen LogP) is 3.79. The van der Waals surface area contributed by atoms with E-state index >= 15 is 0 Å². The molecule has 8 heteroatoms. The molecule has 0 saturated heterocycles. The van der Waals surface area contributed by atoms with Crippen LogP contribution in [0.2, 0.25) is 10.0 Å². The van der Waals surface area contributed by atoms with E-state index in [0.717, 1.165) is 0 Å². The molecule has 20 heavy (non-hydrogen) atoms. The van der Waals surface area contributed by atoms with Crippen molar-refractivity contribution in [3.8, 4) is 11.3 Å². The summed E-state index contributed by atoms with van der Waals surface area (Å²) in [6.07, 6.45) is 1.25. The first-order valence-electron chi connectivity index (χ1n) is 5.74. The Morgan fingerprint density at radius 3 is 2.75 bits per heavy atom. The van der Waals surface area contributed by atoms with Crippen molar-refractivity contribution in [2.24, 2.45) is 0 Å². The second kappa shape index (κ2) is 6.02. The average molecular weight is 313 g/mol. The molecule has 1 N–H and O–H groups in total. The summed E-state index contributed by atoms with van der Waals surface area (Å²) in [5, 5.41) is 14.7. The van der Waals surface area contributed by atoms with Crippen molar-refractivity contribution in [3.05, 3.63) is 44.7 Å². The number of aromatic nitrogens is 2. The molecule has 0 fully saturated rings. The van der Waals surface area contributed by atoms with Crippen molar-refractivity contribution in [1.29, 1.82) is 0 Å². The summed E-state index contributed by atoms with van der Waals surface area (Å²) in [7, 11) is 0. The van der Waals surface area contributed by atoms with Crippen LogP contribution in [0.5, 0.6) is 0 Å². The molecule has 0 spiro atoms. The molecule has 0 aliphatic carbocycles. The first-order valence-corrected chi connectivity index (χ1v) is 6.49. The first-order chi connectivity index (χ1) is 9.56. The van der Waals surface area contributed by atoms with Crippen LogP contribution in [-0.4, -0.2) is 21.4 Å². The molecule has 0 aliphatic heterocycles. The Bertz CT molecular complexity index is 664. The van der Waals surface area contributed by atoms with E-state index in [0.29, 0.717) is 17.1 Å². The summed E-state index contributed by atoms with van der Waals surface area (Å²) in [5.41, 5.74) is 0.305. The van der Waals surface area contributed by atoms with Crippen LogP contribution in [0.1, 0.15) is 6.92 Å². The third kappa shape index (κ3) is 2.66. The van der Waals surface area contributed by atoms with Crippen molar-refractivity contribution in [3.63, 3.8) is 0 Å². The Kier molecular flexibility index (Phi) is 4.36. The molecule has 0 amide bonds. The fourth-order valence-electron chi connectivity index (χ4n) is 1.73. The highest BCUT2D eigenvalue weighted by molar-refractivity contribution is 6.43. The van der Waals surface area contributed by atoms with Crippen molar-refractivity contribution in [2.45, 2.75) is 6.92 Å². The fraction of sp³-hybridized carbons (Fsp3) is 0.167. The topological polar surface area (TPSA) is 81.0 Å². The van der Waals surface area contributed by atoms with Crippen LogP contribution >= 0.6 is 23.2 Å². The molecule has 104 valence electrons. The SMILES string of the molecule is CCNc1ncnc(-c2cccc(Cl)c2Cl)c1[N+](=O)[O-]. The van der Waals surface area contributed by atoms with Gasteiger partial charge in [0, 0.05) is 12.1 Å². The lowest BCUT2D eigenvalue weighted by molar-refractivity contribution is -0.383. The molecular formula is C12H10Cl2N4O2. The smallest absolute Gasteiger partial charge is 0.337 e. The lowest BCUT2D eigenvalue weighted by atomic mass is 10.1. The second-order valence-electron chi connectivity index (χ2n) is 3.81. The quantitative estimate of drug-likeness (QED) is 0.686. The fourth-order valence-corrected chi connectivity index (χ4v) is 2.12. The van der Waals surface area contributed by atoms with Crippen LogP contribution in [0, 0.1) is 10.1 Å². The minimum Gasteiger partial charge on any atom is -0.365 e. The maximum Gasteiger partial charge on any atom is 0.337 e. The Morgan fingerprint density at radius 1 is 1.35 bits per heavy atom. The highest BCUT2D eigenvalue weighted by Crippen LogP contribution is 2.38. The third-order valence-electron chi connectivity index (χ3n) is 2.56. The van der Waals surface area contributed by atoms with Gasteiger partial charge in [-0.05, 0) is 13.0 Å². The summed E-state index contributed by atoms with van der Waals surface area (Å²) in [5.74, 6) is 0.151. The standard InChI is InChI=1S/C12H10Cl2N4O2/c1-2-15-12-11(18(19)20)10(16-6-17-12)7-4-3-5-8(13)9(7)14/h3-6H,2H2,1H3,(H,15,16,17). The van der Waals surface area contributed by atoms with Crippen molar-refractivity contribution < 1.29 is 4.92 Å². The highest BCUT2D eigenvalue weighted by atomic mass is 35.5. The molecule has 0 radical (unpaired) electrons. The van der Waals surface area contributed by atoms with Crippen LogP contribution in [-0.2, 0) is 0 Å². The van der Waals surface area contributed by atoms with E-state index in [2.05, 4.69) is 15.3 Å². The lowest BCUT2D eigenvalue weighted by Crippen LogP contribution is -2.06. The zero-order valence-corrected chi connectivity index (χ0v) is 11.9. The summed E-state index contributed by atoms with van der Waals surface area (Å²) in [4.78, 5) is 18.6. The molecular weight excluding hydrogens is 303 g/mol. The first kappa shape index (κ1) is 14.5. The molecule has 2 aromatic rings. The molecule has 1 aromatic heterocycles. The number of hydrogen-bond acceptors (Lipinski definition) is 5. The minimum atomic E-state index is -0.537. The number of anilines is 1. The van der Waals surface area contributed by atoms with Gasteiger partial charge in [0.15, 0.2) is 5.69 Å². The van der Waals surface area contributed by atoms with Gasteiger partial charge in [0.05, 0.1) is 15.0 Å². The van der Waals surface area contributed by atoms with Gasteiger partial charge in [-0.2, -0.15) is 0 Å². The van der Waals surface area contributed by atoms with Gasteiger partial charge in [0.2, 0.25) is 5.82 Å². The monoisotopic (exact) mass is 312 g/mol. The van der Waals surface area contributed by atoms with E-state index in [-0.39, 0.29) is 22.2 Å². The van der Waals surface area contributed by atoms with Crippen molar-refractivity contribution >= 4 is 34.7 Å². The number of rotatable bonds is 4. The van der Waals surface area contributed by atoms with Crippen molar-refractivity contribution in [2.75, 3.05) is 11.9 Å². The van der Waals surface area contributed by atoms with Crippen LogP contribution in [0.25, 0.3) is 11.3 Å². The molecule has 1 heterocycles. The molecule has 0 bridgehead atoms. The molecule has 2 rings (SSSR count). The highest BCUT2D eigenvalue weighted by Gasteiger charge is 2.25. The maximum absolute atomic E-state index is 11.3. The number of nitro groups is 1. The Labute approximate surface area is 124 Å². The number of nitrogens with one attached hydrogen (secondary N) is 1. The third-order valence-corrected chi connectivity index (χ3v) is 3.37. The lowest BCUT2D eigenvalue weighted by Gasteiger charge is -2.08. The van der Waals surface area contributed by atoms with E-state index < -0.39 is 4.92 Å². The van der Waals surface area contributed by atoms with E-state index in [1.807, 2.05) is 6.92 Å². The number of nitrogens with zero attached hydrogens (tertiary/aromatic N) is 3. The predicted molar refractivity (Wildman–Crippen MR) is 78.3 cm³/mol. The van der Waals surface area contributed by atoms with Crippen LogP contribution in [0.3, 0.4) is 0 Å². The summed E-state index contributed by atoms with van der Waals surface area (Å²) in [6.45, 7) is 2.32. The Balaban J connectivity index is 2.70. The molecule has 0 unspecified atom stereocenters. The summed E-state index contributed by atoms with van der Waals surface area (Å²) >= 11 is 12.0. The summed E-state index contributed by atoms with van der Waals surface area (Å²) < 4.78 is 0. The van der Waals surface area contributed by atoms with Crippen LogP contribution < -0.4 is 5.32 Å². The van der Waals surface area contributed by atoms with Gasteiger partial charge in [-0.1, -0.05) is 35.3 Å². The van der Waals surface area contributed by atoms with E-state index in [1.54, 1.807) is 18.2 Å². The van der Waals surface area contributed by atoms with Gasteiger partial charge in [0.1, 0.15) is 6.33 Å². The number of hydrogen-bond donors (Lipinski definition) is 1. The van der Waals surface area contributed by atoms with Gasteiger partial charge in [-0.15, -0.1) is 0 Å². The molecule has 6 nitrogen and oxygen atoms in total. The number of halogens is 2. The normalized spacial score (nSPS) is 10.3. The largest absolute Gasteiger partial charge is 0.365 e. The zero-order valence-electron chi connectivity index (χ0n) is 10.4. The summed E-state index contributed by atoms with van der Waals surface area (Å²) in [6, 6.07) is 4.88. The average Bonchev–Trinajstić information content (AvgIpc) is 2.42. The molecule has 1 aromatic carbocycles. The van der Waals surface area contributed by atoms with E-state index in [1.165, 1.54) is 6.33 Å². The van der Waals surface area contributed by atoms with Gasteiger partial charge in [-0.25, -0.2) is 9.97 Å². The minimum absolute atomic E-state index is 0.133. The Morgan fingerprint density at radius 2 is 2.10 bits per heavy atom. The molecule has 0 atom stereocenters. The van der Waals surface area contributed by atoms with Gasteiger partial charge in [-0.3, -0.25) is 10.1 Å². The molecule has 0 aliphatic rings. The van der Waals surface area contributed by atoms with E-state index in [4.69, 9.17) is 23.2 Å². The second-order valence-corrected chi connectivity index (χ2v) is 4.59. The van der Waals surface area contributed by atoms with Gasteiger partial charge >= 0.3 is 5.69 Å². The Hall–Kier alpha value is -1.92. The maximum atomic E-state index is 11.3. The van der Waals surface area contributed by atoms with E-state index in [9.17, 15) is 10.1 Å². The molecule has 0 saturated carbocycles. The van der Waals surface area contributed by atoms with Gasteiger partial charge in [0.25, 0.3) is 0 Å². The van der Waals surface area contributed by atoms with Crippen LogP contribution in [0.15, 0.2) is 24.5 Å². The van der Waals surface area contributed by atoms with Crippen LogP contribution in [0.4, 0.5) is 11.5 Å². The van der Waals surface area contributed by atoms with Gasteiger partial charge < -0.3 is 5.32 Å². The zero-order chi connectivity index (χ0) is 14.7. The number of benzene rings is 1. The van der Waals surface area contributed by atoms with Crippen molar-refractivity contribution in [1.82, 2.24) is 9.97 Å².